The van der Waals surface area contributed by atoms with Crippen molar-refractivity contribution >= 4 is 34.3 Å². The van der Waals surface area contributed by atoms with Gasteiger partial charge in [-0.25, -0.2) is 18.4 Å². The summed E-state index contributed by atoms with van der Waals surface area (Å²) < 4.78 is 41.6. The van der Waals surface area contributed by atoms with Crippen molar-refractivity contribution in [3.8, 4) is 22.8 Å². The van der Waals surface area contributed by atoms with Gasteiger partial charge in [-0.1, -0.05) is 41.9 Å². The van der Waals surface area contributed by atoms with Crippen LogP contribution in [0.15, 0.2) is 72.9 Å². The maximum Gasteiger partial charge on any atom is 0.251 e. The SMILES string of the molecule is COc1cc(C(=O)NCC(O)(c2ccccc2)c2cc3c(c(-c4ccc(F)c(Cl)c4)n2)OC[C@]3(C)C(N)=O)cc2cn(C3(F)CC3)nc12. The third-order valence-electron chi connectivity index (χ3n) is 9.12. The lowest BCUT2D eigenvalue weighted by atomic mass is 9.80. The molecule has 2 aromatic heterocycles. The number of ether oxygens (including phenoxy) is 2. The number of aliphatic hydroxyl groups is 1. The van der Waals surface area contributed by atoms with Gasteiger partial charge in [-0.15, -0.1) is 0 Å². The van der Waals surface area contributed by atoms with E-state index in [2.05, 4.69) is 10.4 Å². The van der Waals surface area contributed by atoms with Crippen LogP contribution in [0.4, 0.5) is 8.78 Å². The molecule has 2 aliphatic rings. The lowest BCUT2D eigenvalue weighted by Gasteiger charge is -2.30. The molecule has 0 saturated heterocycles. The first-order valence-electron chi connectivity index (χ1n) is 15.1. The maximum atomic E-state index is 14.8. The Morgan fingerprint density at radius 3 is 2.58 bits per heavy atom. The largest absolute Gasteiger partial charge is 0.494 e. The van der Waals surface area contributed by atoms with Crippen LogP contribution in [0.3, 0.4) is 0 Å². The Hall–Kier alpha value is -5.07. The van der Waals surface area contributed by atoms with Gasteiger partial charge in [-0.3, -0.25) is 9.59 Å². The van der Waals surface area contributed by atoms with Gasteiger partial charge in [-0.2, -0.15) is 5.10 Å². The van der Waals surface area contributed by atoms with Gasteiger partial charge in [0, 0.05) is 41.1 Å². The third kappa shape index (κ3) is 5.12. The van der Waals surface area contributed by atoms with Crippen molar-refractivity contribution in [2.75, 3.05) is 20.3 Å². The summed E-state index contributed by atoms with van der Waals surface area (Å²) in [7, 11) is 1.43. The number of carbonyl (C=O) groups is 2. The second kappa shape index (κ2) is 11.3. The lowest BCUT2D eigenvalue weighted by Crippen LogP contribution is -2.43. The van der Waals surface area contributed by atoms with E-state index in [0.29, 0.717) is 40.4 Å². The predicted molar refractivity (Wildman–Crippen MR) is 173 cm³/mol. The van der Waals surface area contributed by atoms with Crippen molar-refractivity contribution in [3.05, 3.63) is 106 Å². The monoisotopic (exact) mass is 673 g/mol. The van der Waals surface area contributed by atoms with Crippen LogP contribution in [-0.2, 0) is 21.6 Å². The van der Waals surface area contributed by atoms with Crippen LogP contribution in [0.5, 0.6) is 11.5 Å². The van der Waals surface area contributed by atoms with Gasteiger partial charge in [0.1, 0.15) is 46.1 Å². The minimum Gasteiger partial charge on any atom is -0.494 e. The molecular weight excluding hydrogens is 644 g/mol. The van der Waals surface area contributed by atoms with Gasteiger partial charge < -0.3 is 25.6 Å². The molecule has 2 amide bonds. The fraction of sp³-hybridized carbons (Fsp3) is 0.257. The molecule has 0 radical (unpaired) electrons. The molecule has 1 unspecified atom stereocenters. The normalized spacial score (nSPS) is 18.9. The van der Waals surface area contributed by atoms with E-state index in [9.17, 15) is 23.5 Å². The van der Waals surface area contributed by atoms with E-state index in [0.717, 1.165) is 0 Å². The summed E-state index contributed by atoms with van der Waals surface area (Å²) >= 11 is 6.13. The number of nitrogens with two attached hydrogens (primary N) is 1. The minimum absolute atomic E-state index is 0.0631. The molecule has 1 fully saturated rings. The van der Waals surface area contributed by atoms with E-state index in [-0.39, 0.29) is 46.6 Å². The van der Waals surface area contributed by atoms with Crippen LogP contribution in [0.2, 0.25) is 5.02 Å². The van der Waals surface area contributed by atoms with Crippen molar-refractivity contribution in [1.29, 1.82) is 0 Å². The average molecular weight is 674 g/mol. The number of pyridine rings is 1. The Morgan fingerprint density at radius 2 is 1.92 bits per heavy atom. The molecule has 0 bridgehead atoms. The molecule has 13 heteroatoms. The van der Waals surface area contributed by atoms with Gasteiger partial charge in [0.25, 0.3) is 5.91 Å². The number of hydrogen-bond acceptors (Lipinski definition) is 7. The number of fused-ring (bicyclic) bond motifs is 2. The Labute approximate surface area is 278 Å². The summed E-state index contributed by atoms with van der Waals surface area (Å²) in [4.78, 5) is 31.2. The summed E-state index contributed by atoms with van der Waals surface area (Å²) in [5, 5.41) is 20.0. The number of alkyl halides is 1. The summed E-state index contributed by atoms with van der Waals surface area (Å²) in [6, 6.07) is 17.2. The quantitative estimate of drug-likeness (QED) is 0.197. The highest BCUT2D eigenvalue weighted by atomic mass is 35.5. The van der Waals surface area contributed by atoms with E-state index in [4.69, 9.17) is 31.8 Å². The first kappa shape index (κ1) is 31.5. The molecule has 5 aromatic rings. The smallest absolute Gasteiger partial charge is 0.251 e. The Balaban J connectivity index is 1.32. The number of nitrogens with one attached hydrogen (secondary N) is 1. The highest BCUT2D eigenvalue weighted by Crippen LogP contribution is 2.47. The Kier molecular flexibility index (Phi) is 7.41. The molecule has 2 atom stereocenters. The summed E-state index contributed by atoms with van der Waals surface area (Å²) in [6.45, 7) is 1.16. The van der Waals surface area contributed by atoms with Gasteiger partial charge in [0.05, 0.1) is 24.4 Å². The van der Waals surface area contributed by atoms with Crippen molar-refractivity contribution in [1.82, 2.24) is 20.1 Å². The van der Waals surface area contributed by atoms with Gasteiger partial charge in [0.15, 0.2) is 0 Å². The lowest BCUT2D eigenvalue weighted by molar-refractivity contribution is -0.123. The van der Waals surface area contributed by atoms with Crippen molar-refractivity contribution < 1.29 is 33.0 Å². The Morgan fingerprint density at radius 1 is 1.17 bits per heavy atom. The number of carbonyl (C=O) groups excluding carboxylic acids is 2. The first-order valence-corrected chi connectivity index (χ1v) is 15.5. The zero-order valence-electron chi connectivity index (χ0n) is 25.9. The summed E-state index contributed by atoms with van der Waals surface area (Å²) in [5.74, 6) is -2.88. The van der Waals surface area contributed by atoms with Crippen LogP contribution in [0, 0.1) is 5.82 Å². The Bertz CT molecular complexity index is 2120. The van der Waals surface area contributed by atoms with E-state index in [1.54, 1.807) is 43.3 Å². The first-order chi connectivity index (χ1) is 22.9. The topological polar surface area (TPSA) is 142 Å². The molecule has 0 spiro atoms. The van der Waals surface area contributed by atoms with E-state index >= 15 is 0 Å². The molecule has 3 aromatic carbocycles. The number of methoxy groups -OCH3 is 1. The van der Waals surface area contributed by atoms with Gasteiger partial charge in [0.2, 0.25) is 11.7 Å². The van der Waals surface area contributed by atoms with E-state index in [1.807, 2.05) is 0 Å². The average Bonchev–Trinajstić information content (AvgIpc) is 3.52. The number of primary amides is 1. The number of nitrogens with zero attached hydrogens (tertiary/aromatic N) is 3. The minimum atomic E-state index is -1.96. The van der Waals surface area contributed by atoms with E-state index in [1.165, 1.54) is 48.3 Å². The number of hydrogen-bond donors (Lipinski definition) is 3. The fourth-order valence-corrected chi connectivity index (χ4v) is 6.11. The number of benzene rings is 3. The third-order valence-corrected chi connectivity index (χ3v) is 9.41. The standard InChI is InChI=1S/C35H30ClF2N5O5/c1-33(32(39)45)18-48-30-23(33)15-27(41-29(30)19-8-9-25(37)24(36)13-19)35(46,22-6-4-3-5-7-22)17-40-31(44)20-12-21-16-43(34(38)10-11-34)42-28(21)26(14-20)47-2/h3-9,12-16,46H,10-11,17-18H2,1-2H3,(H2,39,45)(H,40,44)/t33-,35?/m0/s1. The molecule has 1 aliphatic carbocycles. The van der Waals surface area contributed by atoms with Gasteiger partial charge >= 0.3 is 0 Å². The van der Waals surface area contributed by atoms with Crippen molar-refractivity contribution in [3.63, 3.8) is 0 Å². The van der Waals surface area contributed by atoms with Crippen molar-refractivity contribution in [2.45, 2.75) is 36.6 Å². The zero-order valence-corrected chi connectivity index (χ0v) is 26.6. The van der Waals surface area contributed by atoms with Crippen LogP contribution in [-0.4, -0.2) is 51.9 Å². The molecule has 10 nitrogen and oxygen atoms in total. The molecule has 48 heavy (non-hydrogen) atoms. The predicted octanol–water partition coefficient (Wildman–Crippen LogP) is 5.12. The van der Waals surface area contributed by atoms with Crippen LogP contribution in [0.1, 0.15) is 46.9 Å². The van der Waals surface area contributed by atoms with Gasteiger partial charge in [-0.05, 0) is 48.9 Å². The molecule has 7 rings (SSSR count). The highest BCUT2D eigenvalue weighted by Gasteiger charge is 2.47. The van der Waals surface area contributed by atoms with Crippen molar-refractivity contribution in [2.24, 2.45) is 5.73 Å². The molecular formula is C35H30ClF2N5O5. The molecule has 3 heterocycles. The summed E-state index contributed by atoms with van der Waals surface area (Å²) in [6.07, 6.45) is 2.25. The molecule has 246 valence electrons. The van der Waals surface area contributed by atoms with Crippen LogP contribution < -0.4 is 20.5 Å². The molecule has 4 N–H and O–H groups in total. The number of aromatic nitrogens is 3. The second-order valence-corrected chi connectivity index (χ2v) is 12.8. The summed E-state index contributed by atoms with van der Waals surface area (Å²) in [5.41, 5.74) is 4.57. The fourth-order valence-electron chi connectivity index (χ4n) is 5.93. The molecule has 1 aliphatic heterocycles. The zero-order chi connectivity index (χ0) is 34.0. The molecule has 1 saturated carbocycles. The number of halogens is 3. The second-order valence-electron chi connectivity index (χ2n) is 12.4. The maximum absolute atomic E-state index is 14.8. The highest BCUT2D eigenvalue weighted by molar-refractivity contribution is 6.31. The van der Waals surface area contributed by atoms with Crippen LogP contribution >= 0.6 is 11.6 Å². The number of amides is 2. The van der Waals surface area contributed by atoms with E-state index < -0.39 is 34.4 Å². The van der Waals surface area contributed by atoms with Crippen LogP contribution in [0.25, 0.3) is 22.2 Å². The number of rotatable bonds is 9.